The number of rotatable bonds is 6. The summed E-state index contributed by atoms with van der Waals surface area (Å²) in [6.07, 6.45) is -2.88. The molecule has 0 aromatic heterocycles. The molecule has 4 N–H and O–H groups in total. The molecule has 20 heavy (non-hydrogen) atoms. The van der Waals surface area contributed by atoms with E-state index in [4.69, 9.17) is 9.47 Å². The molecule has 1 unspecified atom stereocenters. The second-order valence-electron chi connectivity index (χ2n) is 5.21. The van der Waals surface area contributed by atoms with E-state index in [-0.39, 0.29) is 12.7 Å². The van der Waals surface area contributed by atoms with Crippen LogP contribution >= 0.6 is 0 Å². The molecule has 118 valence electrons. The first-order valence-corrected chi connectivity index (χ1v) is 6.95. The number of aliphatic hydroxyl groups is 3. The Kier molecular flexibility index (Phi) is 6.84. The summed E-state index contributed by atoms with van der Waals surface area (Å²) in [5.74, 6) is -0.421. The second kappa shape index (κ2) is 7.90. The van der Waals surface area contributed by atoms with Crippen molar-refractivity contribution in [2.24, 2.45) is 0 Å². The molecule has 6 atom stereocenters. The molecule has 0 aliphatic carbocycles. The van der Waals surface area contributed by atoms with E-state index in [1.807, 2.05) is 13.8 Å². The maximum absolute atomic E-state index is 11.0. The Morgan fingerprint density at radius 2 is 2.00 bits per heavy atom. The highest BCUT2D eigenvalue weighted by Gasteiger charge is 2.44. The van der Waals surface area contributed by atoms with Crippen LogP contribution in [0.25, 0.3) is 0 Å². The zero-order valence-electron chi connectivity index (χ0n) is 12.2. The minimum atomic E-state index is -1.38. The lowest BCUT2D eigenvalue weighted by Crippen LogP contribution is -2.64. The van der Waals surface area contributed by atoms with Gasteiger partial charge in [-0.15, -0.1) is 0 Å². The SMILES string of the molecule is CCCC(C)OC[C@H]1O[C@@H](O)[C@H](NC(C)=O)[C@@H](O)[C@H]1O. The van der Waals surface area contributed by atoms with Crippen LogP contribution in [-0.4, -0.2) is 64.6 Å². The molecule has 1 amide bonds. The maximum Gasteiger partial charge on any atom is 0.217 e. The van der Waals surface area contributed by atoms with Crippen LogP contribution in [0.1, 0.15) is 33.6 Å². The van der Waals surface area contributed by atoms with E-state index < -0.39 is 36.6 Å². The molecular formula is C13H25NO6. The van der Waals surface area contributed by atoms with Gasteiger partial charge in [0.1, 0.15) is 24.4 Å². The largest absolute Gasteiger partial charge is 0.388 e. The Bertz CT molecular complexity index is 313. The lowest BCUT2D eigenvalue weighted by molar-refractivity contribution is -0.258. The van der Waals surface area contributed by atoms with E-state index in [2.05, 4.69) is 5.32 Å². The van der Waals surface area contributed by atoms with Crippen molar-refractivity contribution in [3.8, 4) is 0 Å². The molecule has 1 aliphatic rings. The van der Waals surface area contributed by atoms with Gasteiger partial charge in [-0.2, -0.15) is 0 Å². The number of nitrogens with one attached hydrogen (secondary N) is 1. The van der Waals surface area contributed by atoms with Gasteiger partial charge in [0.15, 0.2) is 6.29 Å². The van der Waals surface area contributed by atoms with Crippen LogP contribution in [0.4, 0.5) is 0 Å². The average molecular weight is 291 g/mol. The average Bonchev–Trinajstić information content (AvgIpc) is 2.37. The standard InChI is InChI=1S/C13H25NO6/c1-4-5-7(2)19-6-9-11(16)12(17)10(13(18)20-9)14-8(3)15/h7,9-13,16-18H,4-6H2,1-3H3,(H,14,15)/t7?,9-,10-,11+,12-,13-/m1/s1. The van der Waals surface area contributed by atoms with Crippen LogP contribution in [0.3, 0.4) is 0 Å². The lowest BCUT2D eigenvalue weighted by Gasteiger charge is -2.40. The Morgan fingerprint density at radius 3 is 2.55 bits per heavy atom. The molecule has 0 radical (unpaired) electrons. The van der Waals surface area contributed by atoms with Gasteiger partial charge in [0, 0.05) is 6.92 Å². The van der Waals surface area contributed by atoms with Crippen molar-refractivity contribution < 1.29 is 29.6 Å². The van der Waals surface area contributed by atoms with Gasteiger partial charge in [-0.1, -0.05) is 13.3 Å². The Labute approximate surface area is 118 Å². The van der Waals surface area contributed by atoms with Gasteiger partial charge in [-0.25, -0.2) is 0 Å². The van der Waals surface area contributed by atoms with Crippen molar-refractivity contribution in [2.45, 2.75) is 70.4 Å². The number of amides is 1. The Morgan fingerprint density at radius 1 is 1.35 bits per heavy atom. The number of carbonyl (C=O) groups excluding carboxylic acids is 1. The van der Waals surface area contributed by atoms with Gasteiger partial charge >= 0.3 is 0 Å². The molecule has 1 heterocycles. The molecule has 1 aliphatic heterocycles. The van der Waals surface area contributed by atoms with E-state index in [9.17, 15) is 20.1 Å². The van der Waals surface area contributed by atoms with Crippen LogP contribution in [-0.2, 0) is 14.3 Å². The van der Waals surface area contributed by atoms with Crippen LogP contribution in [0.5, 0.6) is 0 Å². The van der Waals surface area contributed by atoms with Gasteiger partial charge < -0.3 is 30.1 Å². The van der Waals surface area contributed by atoms with Crippen LogP contribution in [0, 0.1) is 0 Å². The molecule has 1 saturated heterocycles. The number of aliphatic hydroxyl groups excluding tert-OH is 3. The first kappa shape index (κ1) is 17.3. The molecule has 7 heteroatoms. The van der Waals surface area contributed by atoms with E-state index in [1.165, 1.54) is 6.92 Å². The van der Waals surface area contributed by atoms with Crippen molar-refractivity contribution in [1.29, 1.82) is 0 Å². The molecular weight excluding hydrogens is 266 g/mol. The van der Waals surface area contributed by atoms with E-state index in [0.717, 1.165) is 12.8 Å². The summed E-state index contributed by atoms with van der Waals surface area (Å²) in [7, 11) is 0. The highest BCUT2D eigenvalue weighted by atomic mass is 16.6. The summed E-state index contributed by atoms with van der Waals surface area (Å²) in [6, 6.07) is -1.05. The van der Waals surface area contributed by atoms with Crippen LogP contribution < -0.4 is 5.32 Å². The summed E-state index contributed by atoms with van der Waals surface area (Å²) in [5, 5.41) is 32.0. The quantitative estimate of drug-likeness (QED) is 0.507. The molecule has 0 saturated carbocycles. The summed E-state index contributed by atoms with van der Waals surface area (Å²) in [5.41, 5.74) is 0. The van der Waals surface area contributed by atoms with Crippen molar-refractivity contribution >= 4 is 5.91 Å². The lowest BCUT2D eigenvalue weighted by atomic mass is 9.97. The highest BCUT2D eigenvalue weighted by Crippen LogP contribution is 2.21. The normalized spacial score (nSPS) is 35.6. The maximum atomic E-state index is 11.0. The van der Waals surface area contributed by atoms with Gasteiger partial charge in [0.05, 0.1) is 12.7 Å². The van der Waals surface area contributed by atoms with Gasteiger partial charge in [-0.05, 0) is 13.3 Å². The molecule has 0 aromatic rings. The third-order valence-electron chi connectivity index (χ3n) is 3.33. The number of hydrogen-bond acceptors (Lipinski definition) is 6. The third kappa shape index (κ3) is 4.68. The first-order chi connectivity index (χ1) is 9.36. The number of hydrogen-bond donors (Lipinski definition) is 4. The number of carbonyl (C=O) groups is 1. The van der Waals surface area contributed by atoms with E-state index in [1.54, 1.807) is 0 Å². The molecule has 7 nitrogen and oxygen atoms in total. The Hall–Kier alpha value is -0.730. The van der Waals surface area contributed by atoms with Crippen molar-refractivity contribution in [3.05, 3.63) is 0 Å². The zero-order valence-corrected chi connectivity index (χ0v) is 12.2. The van der Waals surface area contributed by atoms with Crippen LogP contribution in [0.15, 0.2) is 0 Å². The van der Waals surface area contributed by atoms with Crippen molar-refractivity contribution in [3.63, 3.8) is 0 Å². The summed E-state index contributed by atoms with van der Waals surface area (Å²) >= 11 is 0. The molecule has 0 aromatic carbocycles. The van der Waals surface area contributed by atoms with Gasteiger partial charge in [-0.3, -0.25) is 4.79 Å². The Balaban J connectivity index is 2.54. The predicted octanol–water partition coefficient (Wildman–Crippen LogP) is -0.865. The topological polar surface area (TPSA) is 108 Å². The highest BCUT2D eigenvalue weighted by molar-refractivity contribution is 5.73. The monoisotopic (exact) mass is 291 g/mol. The summed E-state index contributed by atoms with van der Waals surface area (Å²) < 4.78 is 10.7. The van der Waals surface area contributed by atoms with Crippen molar-refractivity contribution in [1.82, 2.24) is 5.32 Å². The first-order valence-electron chi connectivity index (χ1n) is 6.95. The smallest absolute Gasteiger partial charge is 0.217 e. The molecule has 1 fully saturated rings. The number of ether oxygens (including phenoxy) is 2. The van der Waals surface area contributed by atoms with Gasteiger partial charge in [0.25, 0.3) is 0 Å². The predicted molar refractivity (Wildman–Crippen MR) is 70.8 cm³/mol. The fourth-order valence-electron chi connectivity index (χ4n) is 2.22. The van der Waals surface area contributed by atoms with Gasteiger partial charge in [0.2, 0.25) is 5.91 Å². The van der Waals surface area contributed by atoms with E-state index >= 15 is 0 Å². The molecule has 0 spiro atoms. The minimum Gasteiger partial charge on any atom is -0.388 e. The zero-order chi connectivity index (χ0) is 15.3. The van der Waals surface area contributed by atoms with E-state index in [0.29, 0.717) is 0 Å². The van der Waals surface area contributed by atoms with Crippen LogP contribution in [0.2, 0.25) is 0 Å². The molecule has 1 rings (SSSR count). The fraction of sp³-hybridized carbons (Fsp3) is 0.923. The summed E-state index contributed by atoms with van der Waals surface area (Å²) in [6.45, 7) is 5.28. The fourth-order valence-corrected chi connectivity index (χ4v) is 2.22. The third-order valence-corrected chi connectivity index (χ3v) is 3.33. The molecule has 0 bridgehead atoms. The minimum absolute atomic E-state index is 0.0122. The van der Waals surface area contributed by atoms with Crippen molar-refractivity contribution in [2.75, 3.05) is 6.61 Å². The second-order valence-corrected chi connectivity index (χ2v) is 5.21. The summed E-state index contributed by atoms with van der Waals surface area (Å²) in [4.78, 5) is 11.0.